The lowest BCUT2D eigenvalue weighted by atomic mass is 10.1. The number of nitrogens with one attached hydrogen (secondary N) is 1. The second-order valence-corrected chi connectivity index (χ2v) is 8.02. The molecule has 1 atom stereocenters. The van der Waals surface area contributed by atoms with Crippen LogP contribution in [-0.2, 0) is 22.6 Å². The van der Waals surface area contributed by atoms with Crippen LogP contribution in [0.5, 0.6) is 11.5 Å². The lowest BCUT2D eigenvalue weighted by molar-refractivity contribution is -0.136. The Balaban J connectivity index is 1.36. The van der Waals surface area contributed by atoms with Crippen molar-refractivity contribution >= 4 is 17.5 Å². The first-order valence-electron chi connectivity index (χ1n) is 10.7. The van der Waals surface area contributed by atoms with E-state index >= 15 is 0 Å². The minimum Gasteiger partial charge on any atom is -0.493 e. The summed E-state index contributed by atoms with van der Waals surface area (Å²) in [4.78, 5) is 29.4. The summed E-state index contributed by atoms with van der Waals surface area (Å²) in [5.41, 5.74) is 3.26. The van der Waals surface area contributed by atoms with Crippen LogP contribution in [0.15, 0.2) is 42.5 Å². The Kier molecular flexibility index (Phi) is 6.30. The van der Waals surface area contributed by atoms with Crippen molar-refractivity contribution in [3.8, 4) is 11.5 Å². The van der Waals surface area contributed by atoms with Gasteiger partial charge >= 0.3 is 0 Å². The van der Waals surface area contributed by atoms with Crippen molar-refractivity contribution in [1.82, 2.24) is 9.80 Å². The SMILES string of the molecule is COc1ccc(CCN2C[C@H](C(=O)N3CCNc4ccccc4C3)CC2=O)cc1OC. The summed E-state index contributed by atoms with van der Waals surface area (Å²) in [6.45, 7) is 3.01. The summed E-state index contributed by atoms with van der Waals surface area (Å²) in [7, 11) is 3.22. The number of benzene rings is 2. The maximum Gasteiger partial charge on any atom is 0.228 e. The normalized spacial score (nSPS) is 18.3. The van der Waals surface area contributed by atoms with E-state index in [0.29, 0.717) is 50.6 Å². The predicted molar refractivity (Wildman–Crippen MR) is 118 cm³/mol. The molecule has 0 saturated carbocycles. The molecule has 31 heavy (non-hydrogen) atoms. The van der Waals surface area contributed by atoms with E-state index in [9.17, 15) is 9.59 Å². The second kappa shape index (κ2) is 9.29. The van der Waals surface area contributed by atoms with Gasteiger partial charge in [0.15, 0.2) is 11.5 Å². The van der Waals surface area contributed by atoms with E-state index in [2.05, 4.69) is 5.32 Å². The van der Waals surface area contributed by atoms with Crippen molar-refractivity contribution in [1.29, 1.82) is 0 Å². The number of nitrogens with zero attached hydrogens (tertiary/aromatic N) is 2. The zero-order valence-corrected chi connectivity index (χ0v) is 18.1. The van der Waals surface area contributed by atoms with Gasteiger partial charge in [0.1, 0.15) is 0 Å². The number of hydrogen-bond donors (Lipinski definition) is 1. The van der Waals surface area contributed by atoms with Gasteiger partial charge in [-0.3, -0.25) is 9.59 Å². The van der Waals surface area contributed by atoms with E-state index in [-0.39, 0.29) is 24.2 Å². The van der Waals surface area contributed by atoms with Gasteiger partial charge in [-0.2, -0.15) is 0 Å². The number of likely N-dealkylation sites (tertiary alicyclic amines) is 1. The number of ether oxygens (including phenoxy) is 2. The fourth-order valence-corrected chi connectivity index (χ4v) is 4.34. The predicted octanol–water partition coefficient (Wildman–Crippen LogP) is 2.55. The molecule has 2 heterocycles. The third-order valence-electron chi connectivity index (χ3n) is 6.07. The zero-order valence-electron chi connectivity index (χ0n) is 18.1. The van der Waals surface area contributed by atoms with E-state index in [4.69, 9.17) is 9.47 Å². The highest BCUT2D eigenvalue weighted by molar-refractivity contribution is 5.89. The fraction of sp³-hybridized carbons (Fsp3) is 0.417. The summed E-state index contributed by atoms with van der Waals surface area (Å²) in [5, 5.41) is 3.38. The summed E-state index contributed by atoms with van der Waals surface area (Å²) < 4.78 is 10.6. The molecule has 2 aromatic rings. The Morgan fingerprint density at radius 1 is 1.13 bits per heavy atom. The zero-order chi connectivity index (χ0) is 21.8. The molecule has 1 N–H and O–H groups in total. The van der Waals surface area contributed by atoms with Crippen LogP contribution in [0.2, 0.25) is 0 Å². The first-order chi connectivity index (χ1) is 15.1. The van der Waals surface area contributed by atoms with Gasteiger partial charge < -0.3 is 24.6 Å². The number of carbonyl (C=O) groups excluding carboxylic acids is 2. The van der Waals surface area contributed by atoms with E-state index in [1.807, 2.05) is 52.3 Å². The van der Waals surface area contributed by atoms with Crippen molar-refractivity contribution in [2.45, 2.75) is 19.4 Å². The molecule has 0 aromatic heterocycles. The van der Waals surface area contributed by atoms with E-state index in [1.165, 1.54) is 0 Å². The molecule has 1 fully saturated rings. The maximum atomic E-state index is 13.2. The maximum absolute atomic E-state index is 13.2. The van der Waals surface area contributed by atoms with Gasteiger partial charge in [-0.1, -0.05) is 24.3 Å². The Morgan fingerprint density at radius 3 is 2.74 bits per heavy atom. The van der Waals surface area contributed by atoms with Crippen molar-refractivity contribution in [2.24, 2.45) is 5.92 Å². The van der Waals surface area contributed by atoms with Gasteiger partial charge in [0, 0.05) is 44.8 Å². The molecule has 2 amide bonds. The molecule has 4 rings (SSSR count). The quantitative estimate of drug-likeness (QED) is 0.773. The van der Waals surface area contributed by atoms with Crippen LogP contribution in [0.4, 0.5) is 5.69 Å². The molecule has 1 saturated heterocycles. The molecule has 0 spiro atoms. The molecule has 2 aliphatic heterocycles. The molecule has 7 heteroatoms. The van der Waals surface area contributed by atoms with Crippen molar-refractivity contribution < 1.29 is 19.1 Å². The van der Waals surface area contributed by atoms with Gasteiger partial charge in [-0.25, -0.2) is 0 Å². The highest BCUT2D eigenvalue weighted by Crippen LogP contribution is 2.29. The number of amides is 2. The van der Waals surface area contributed by atoms with Crippen molar-refractivity contribution in [2.75, 3.05) is 45.7 Å². The fourth-order valence-electron chi connectivity index (χ4n) is 4.34. The number of anilines is 1. The minimum atomic E-state index is -0.275. The van der Waals surface area contributed by atoms with Crippen LogP contribution in [0.1, 0.15) is 17.5 Å². The molecule has 0 unspecified atom stereocenters. The van der Waals surface area contributed by atoms with Crippen LogP contribution < -0.4 is 14.8 Å². The molecule has 2 aromatic carbocycles. The molecule has 7 nitrogen and oxygen atoms in total. The van der Waals surface area contributed by atoms with Gasteiger partial charge in [0.25, 0.3) is 0 Å². The first kappa shape index (κ1) is 21.0. The van der Waals surface area contributed by atoms with Gasteiger partial charge in [0.05, 0.1) is 20.1 Å². The summed E-state index contributed by atoms with van der Waals surface area (Å²) in [6.07, 6.45) is 0.990. The van der Waals surface area contributed by atoms with E-state index in [0.717, 1.165) is 16.8 Å². The third kappa shape index (κ3) is 4.60. The molecule has 0 aliphatic carbocycles. The van der Waals surface area contributed by atoms with Crippen LogP contribution >= 0.6 is 0 Å². The monoisotopic (exact) mass is 423 g/mol. The van der Waals surface area contributed by atoms with Crippen molar-refractivity contribution in [3.63, 3.8) is 0 Å². The Hall–Kier alpha value is -3.22. The second-order valence-electron chi connectivity index (χ2n) is 8.02. The Labute approximate surface area is 182 Å². The highest BCUT2D eigenvalue weighted by Gasteiger charge is 2.36. The average molecular weight is 424 g/mol. The number of fused-ring (bicyclic) bond motifs is 1. The molecule has 164 valence electrons. The summed E-state index contributed by atoms with van der Waals surface area (Å²) in [6, 6.07) is 13.9. The number of hydrogen-bond acceptors (Lipinski definition) is 5. The first-order valence-corrected chi connectivity index (χ1v) is 10.7. The van der Waals surface area contributed by atoms with Gasteiger partial charge in [-0.15, -0.1) is 0 Å². The molecular formula is C24H29N3O4. The Bertz CT molecular complexity index is 962. The lowest BCUT2D eigenvalue weighted by Crippen LogP contribution is -2.38. The van der Waals surface area contributed by atoms with Gasteiger partial charge in [-0.05, 0) is 35.7 Å². The van der Waals surface area contributed by atoms with Crippen molar-refractivity contribution in [3.05, 3.63) is 53.6 Å². The number of rotatable bonds is 6. The van der Waals surface area contributed by atoms with Crippen LogP contribution in [0, 0.1) is 5.92 Å². The number of methoxy groups -OCH3 is 2. The third-order valence-corrected chi connectivity index (χ3v) is 6.07. The summed E-state index contributed by atoms with van der Waals surface area (Å²) >= 11 is 0. The minimum absolute atomic E-state index is 0.0483. The van der Waals surface area contributed by atoms with E-state index < -0.39 is 0 Å². The van der Waals surface area contributed by atoms with Gasteiger partial charge in [0.2, 0.25) is 11.8 Å². The molecule has 0 bridgehead atoms. The topological polar surface area (TPSA) is 71.1 Å². The lowest BCUT2D eigenvalue weighted by Gasteiger charge is -2.24. The number of carbonyl (C=O) groups is 2. The molecule has 2 aliphatic rings. The van der Waals surface area contributed by atoms with Crippen LogP contribution in [-0.4, -0.2) is 62.0 Å². The summed E-state index contributed by atoms with van der Waals surface area (Å²) in [5.74, 6) is 1.20. The van der Waals surface area contributed by atoms with E-state index in [1.54, 1.807) is 14.2 Å². The molecular weight excluding hydrogens is 394 g/mol. The average Bonchev–Trinajstić information content (AvgIpc) is 3.03. The standard InChI is InChI=1S/C24H29N3O4/c1-30-21-8-7-17(13-22(21)31-2)9-11-26-16-19(14-23(26)28)24(29)27-12-10-25-20-6-4-3-5-18(20)15-27/h3-8,13,19,25H,9-12,14-16H2,1-2H3/t19-/m1/s1. The largest absolute Gasteiger partial charge is 0.493 e. The van der Waals surface area contributed by atoms with Crippen LogP contribution in [0.25, 0.3) is 0 Å². The van der Waals surface area contributed by atoms with Crippen LogP contribution in [0.3, 0.4) is 0 Å². The molecule has 0 radical (unpaired) electrons. The highest BCUT2D eigenvalue weighted by atomic mass is 16.5. The smallest absolute Gasteiger partial charge is 0.228 e. The number of para-hydroxylation sites is 1. The Morgan fingerprint density at radius 2 is 1.94 bits per heavy atom.